The molecule has 1 atom stereocenters. The number of hydrogen-bond donors (Lipinski definition) is 2. The fraction of sp³-hybridized carbons (Fsp3) is 0.412. The number of hydrogen-bond acceptors (Lipinski definition) is 5. The maximum atomic E-state index is 12.3. The number of aromatic nitrogens is 2. The smallest absolute Gasteiger partial charge is 0.259 e. The number of aromatic amines is 1. The molecule has 0 amide bonds. The number of nitrogens with zero attached hydrogens (tertiary/aromatic N) is 1. The summed E-state index contributed by atoms with van der Waals surface area (Å²) in [6, 6.07) is 2.45. The summed E-state index contributed by atoms with van der Waals surface area (Å²) in [6.07, 6.45) is 0. The Bertz CT molecular complexity index is 920. The monoisotopic (exact) mass is 347 g/mol. The zero-order valence-corrected chi connectivity index (χ0v) is 15.7. The SMILES string of the molecule is Cc1cc([C@H](C)NCc2nc3sc(C)c(C)c3c(=O)[nH]2)c(C)s1. The van der Waals surface area contributed by atoms with Gasteiger partial charge in [0.15, 0.2) is 0 Å². The van der Waals surface area contributed by atoms with Crippen LogP contribution in [0, 0.1) is 27.7 Å². The fourth-order valence-corrected chi connectivity index (χ4v) is 4.89. The number of rotatable bonds is 4. The van der Waals surface area contributed by atoms with E-state index in [2.05, 4.69) is 42.1 Å². The summed E-state index contributed by atoms with van der Waals surface area (Å²) in [7, 11) is 0. The van der Waals surface area contributed by atoms with E-state index < -0.39 is 0 Å². The molecule has 0 bridgehead atoms. The quantitative estimate of drug-likeness (QED) is 0.746. The van der Waals surface area contributed by atoms with Gasteiger partial charge in [0.2, 0.25) is 0 Å². The first-order valence-corrected chi connectivity index (χ1v) is 9.29. The standard InChI is InChI=1S/C17H21N3OS2/c1-8-6-13(12(5)22-8)10(3)18-7-14-19-16(21)15-9(2)11(4)23-17(15)20-14/h6,10,18H,7H2,1-5H3,(H,19,20,21)/t10-/m0/s1. The normalized spacial score (nSPS) is 12.9. The third-order valence-corrected chi connectivity index (χ3v) is 6.29. The molecule has 0 aliphatic rings. The molecule has 3 aromatic rings. The van der Waals surface area contributed by atoms with Crippen molar-refractivity contribution >= 4 is 32.9 Å². The molecule has 0 saturated carbocycles. The number of thiophene rings is 2. The molecule has 0 radical (unpaired) electrons. The second-order valence-electron chi connectivity index (χ2n) is 5.95. The van der Waals surface area contributed by atoms with Crippen molar-refractivity contribution in [3.63, 3.8) is 0 Å². The molecule has 122 valence electrons. The summed E-state index contributed by atoms with van der Waals surface area (Å²) in [5.41, 5.74) is 2.32. The first kappa shape index (κ1) is 16.4. The van der Waals surface area contributed by atoms with Gasteiger partial charge in [-0.15, -0.1) is 22.7 Å². The number of H-pyrrole nitrogens is 1. The maximum absolute atomic E-state index is 12.3. The lowest BCUT2D eigenvalue weighted by Crippen LogP contribution is -2.22. The lowest BCUT2D eigenvalue weighted by Gasteiger charge is -2.13. The van der Waals surface area contributed by atoms with Crippen LogP contribution in [0.4, 0.5) is 0 Å². The van der Waals surface area contributed by atoms with E-state index in [9.17, 15) is 4.79 Å². The maximum Gasteiger partial charge on any atom is 0.259 e. The van der Waals surface area contributed by atoms with E-state index >= 15 is 0 Å². The van der Waals surface area contributed by atoms with E-state index in [1.807, 2.05) is 25.2 Å². The Balaban J connectivity index is 1.82. The molecule has 23 heavy (non-hydrogen) atoms. The van der Waals surface area contributed by atoms with E-state index in [0.717, 1.165) is 20.7 Å². The van der Waals surface area contributed by atoms with E-state index in [1.165, 1.54) is 15.3 Å². The van der Waals surface area contributed by atoms with Gasteiger partial charge >= 0.3 is 0 Å². The van der Waals surface area contributed by atoms with Crippen LogP contribution in [-0.4, -0.2) is 9.97 Å². The molecular formula is C17H21N3OS2. The Morgan fingerprint density at radius 2 is 1.96 bits per heavy atom. The van der Waals surface area contributed by atoms with Crippen LogP contribution in [0.15, 0.2) is 10.9 Å². The highest BCUT2D eigenvalue weighted by Crippen LogP contribution is 2.27. The third kappa shape index (κ3) is 3.11. The molecule has 0 aromatic carbocycles. The van der Waals surface area contributed by atoms with Crippen molar-refractivity contribution in [2.24, 2.45) is 0 Å². The zero-order chi connectivity index (χ0) is 16.7. The van der Waals surface area contributed by atoms with Gasteiger partial charge in [0.05, 0.1) is 11.9 Å². The molecule has 3 aromatic heterocycles. The van der Waals surface area contributed by atoms with Gasteiger partial charge < -0.3 is 10.3 Å². The fourth-order valence-electron chi connectivity index (χ4n) is 2.82. The van der Waals surface area contributed by atoms with Crippen molar-refractivity contribution in [3.05, 3.63) is 48.0 Å². The largest absolute Gasteiger partial charge is 0.309 e. The number of fused-ring (bicyclic) bond motifs is 1. The van der Waals surface area contributed by atoms with Gasteiger partial charge in [-0.3, -0.25) is 4.79 Å². The van der Waals surface area contributed by atoms with Gasteiger partial charge in [-0.2, -0.15) is 0 Å². The summed E-state index contributed by atoms with van der Waals surface area (Å²) in [5.74, 6) is 0.695. The molecule has 3 rings (SSSR count). The second-order valence-corrected chi connectivity index (χ2v) is 8.61. The highest BCUT2D eigenvalue weighted by molar-refractivity contribution is 7.18. The zero-order valence-electron chi connectivity index (χ0n) is 14.0. The molecule has 4 nitrogen and oxygen atoms in total. The Morgan fingerprint density at radius 1 is 1.22 bits per heavy atom. The Labute approximate surface area is 143 Å². The average molecular weight is 348 g/mol. The summed E-state index contributed by atoms with van der Waals surface area (Å²) in [5, 5.41) is 4.19. The van der Waals surface area contributed by atoms with Crippen molar-refractivity contribution in [2.45, 2.75) is 47.2 Å². The van der Waals surface area contributed by atoms with E-state index in [1.54, 1.807) is 11.3 Å². The first-order chi connectivity index (χ1) is 10.9. The first-order valence-electron chi connectivity index (χ1n) is 7.66. The molecule has 0 fully saturated rings. The van der Waals surface area contributed by atoms with Crippen LogP contribution in [0.25, 0.3) is 10.2 Å². The van der Waals surface area contributed by atoms with Crippen LogP contribution < -0.4 is 10.9 Å². The third-order valence-electron chi connectivity index (χ3n) is 4.21. The topological polar surface area (TPSA) is 57.8 Å². The lowest BCUT2D eigenvalue weighted by molar-refractivity contribution is 0.559. The minimum atomic E-state index is -0.0381. The predicted octanol–water partition coefficient (Wildman–Crippen LogP) is 4.13. The molecule has 0 spiro atoms. The Morgan fingerprint density at radius 3 is 2.61 bits per heavy atom. The summed E-state index contributed by atoms with van der Waals surface area (Å²) < 4.78 is 0. The van der Waals surface area contributed by atoms with Gasteiger partial charge in [-0.1, -0.05) is 0 Å². The minimum Gasteiger partial charge on any atom is -0.309 e. The molecule has 3 heterocycles. The van der Waals surface area contributed by atoms with E-state index in [4.69, 9.17) is 0 Å². The van der Waals surface area contributed by atoms with Crippen molar-refractivity contribution in [1.29, 1.82) is 0 Å². The highest BCUT2D eigenvalue weighted by Gasteiger charge is 2.14. The molecule has 0 unspecified atom stereocenters. The molecule has 2 N–H and O–H groups in total. The summed E-state index contributed by atoms with van der Waals surface area (Å²) >= 11 is 3.40. The molecular weight excluding hydrogens is 326 g/mol. The molecule has 6 heteroatoms. The van der Waals surface area contributed by atoms with Gasteiger partial charge in [0.25, 0.3) is 5.56 Å². The molecule has 0 aliphatic carbocycles. The van der Waals surface area contributed by atoms with Crippen LogP contribution in [0.5, 0.6) is 0 Å². The van der Waals surface area contributed by atoms with Crippen LogP contribution in [0.3, 0.4) is 0 Å². The van der Waals surface area contributed by atoms with Crippen molar-refractivity contribution < 1.29 is 0 Å². The second kappa shape index (κ2) is 6.19. The van der Waals surface area contributed by atoms with Crippen LogP contribution in [-0.2, 0) is 6.54 Å². The Hall–Kier alpha value is -1.50. The number of nitrogens with one attached hydrogen (secondary N) is 2. The molecule has 0 saturated heterocycles. The van der Waals surface area contributed by atoms with E-state index in [0.29, 0.717) is 12.4 Å². The number of aryl methyl sites for hydroxylation is 4. The average Bonchev–Trinajstić information content (AvgIpc) is 2.96. The van der Waals surface area contributed by atoms with E-state index in [-0.39, 0.29) is 11.6 Å². The molecule has 0 aliphatic heterocycles. The van der Waals surface area contributed by atoms with Crippen LogP contribution in [0.1, 0.15) is 44.5 Å². The van der Waals surface area contributed by atoms with Gasteiger partial charge in [-0.05, 0) is 51.8 Å². The summed E-state index contributed by atoms with van der Waals surface area (Å²) in [6.45, 7) is 11.0. The Kier molecular flexibility index (Phi) is 4.40. The highest BCUT2D eigenvalue weighted by atomic mass is 32.1. The van der Waals surface area contributed by atoms with Crippen molar-refractivity contribution in [1.82, 2.24) is 15.3 Å². The van der Waals surface area contributed by atoms with Crippen LogP contribution >= 0.6 is 22.7 Å². The van der Waals surface area contributed by atoms with Gasteiger partial charge in [0.1, 0.15) is 10.7 Å². The van der Waals surface area contributed by atoms with Crippen molar-refractivity contribution in [2.75, 3.05) is 0 Å². The lowest BCUT2D eigenvalue weighted by atomic mass is 10.1. The summed E-state index contributed by atoms with van der Waals surface area (Å²) in [4.78, 5) is 24.5. The van der Waals surface area contributed by atoms with Gasteiger partial charge in [0, 0.05) is 20.7 Å². The van der Waals surface area contributed by atoms with Crippen molar-refractivity contribution in [3.8, 4) is 0 Å². The predicted molar refractivity (Wildman–Crippen MR) is 98.8 cm³/mol. The minimum absolute atomic E-state index is 0.0381. The van der Waals surface area contributed by atoms with Crippen LogP contribution in [0.2, 0.25) is 0 Å². The van der Waals surface area contributed by atoms with Gasteiger partial charge in [-0.25, -0.2) is 4.98 Å².